The molecule has 0 amide bonds. The minimum Gasteiger partial charge on any atom is -0.487 e. The SMILES string of the molecule is CCc1oc(-c2ccccc2)nc1COc1ccccc1. The number of ether oxygens (including phenoxy) is 1. The van der Waals surface area contributed by atoms with Crippen molar-refractivity contribution in [2.24, 2.45) is 0 Å². The first-order valence-corrected chi connectivity index (χ1v) is 7.08. The Morgan fingerprint density at radius 2 is 1.62 bits per heavy atom. The average molecular weight is 279 g/mol. The van der Waals surface area contributed by atoms with Gasteiger partial charge in [-0.25, -0.2) is 4.98 Å². The predicted octanol–water partition coefficient (Wildman–Crippen LogP) is 4.48. The monoisotopic (exact) mass is 279 g/mol. The lowest BCUT2D eigenvalue weighted by molar-refractivity contribution is 0.298. The van der Waals surface area contributed by atoms with E-state index in [0.717, 1.165) is 29.2 Å². The van der Waals surface area contributed by atoms with Crippen LogP contribution < -0.4 is 4.74 Å². The molecule has 0 aliphatic carbocycles. The van der Waals surface area contributed by atoms with Gasteiger partial charge in [0.25, 0.3) is 0 Å². The maximum Gasteiger partial charge on any atom is 0.226 e. The van der Waals surface area contributed by atoms with Gasteiger partial charge in [-0.05, 0) is 24.3 Å². The van der Waals surface area contributed by atoms with Crippen LogP contribution in [-0.4, -0.2) is 4.98 Å². The maximum absolute atomic E-state index is 5.85. The van der Waals surface area contributed by atoms with E-state index in [4.69, 9.17) is 9.15 Å². The van der Waals surface area contributed by atoms with E-state index in [0.29, 0.717) is 12.5 Å². The van der Waals surface area contributed by atoms with E-state index in [1.165, 1.54) is 0 Å². The van der Waals surface area contributed by atoms with Gasteiger partial charge in [-0.15, -0.1) is 0 Å². The van der Waals surface area contributed by atoms with Crippen LogP contribution in [0.4, 0.5) is 0 Å². The summed E-state index contributed by atoms with van der Waals surface area (Å²) in [7, 11) is 0. The number of oxazole rings is 1. The smallest absolute Gasteiger partial charge is 0.226 e. The fraction of sp³-hybridized carbons (Fsp3) is 0.167. The molecule has 1 aromatic heterocycles. The summed E-state index contributed by atoms with van der Waals surface area (Å²) in [6.45, 7) is 2.48. The number of rotatable bonds is 5. The van der Waals surface area contributed by atoms with E-state index in [1.807, 2.05) is 60.7 Å². The highest BCUT2D eigenvalue weighted by atomic mass is 16.5. The zero-order valence-corrected chi connectivity index (χ0v) is 12.0. The molecule has 0 saturated heterocycles. The van der Waals surface area contributed by atoms with E-state index in [-0.39, 0.29) is 0 Å². The van der Waals surface area contributed by atoms with Crippen molar-refractivity contribution in [3.05, 3.63) is 72.1 Å². The quantitative estimate of drug-likeness (QED) is 0.690. The minimum absolute atomic E-state index is 0.420. The van der Waals surface area contributed by atoms with Gasteiger partial charge >= 0.3 is 0 Å². The molecule has 0 radical (unpaired) electrons. The second kappa shape index (κ2) is 6.27. The van der Waals surface area contributed by atoms with Crippen LogP contribution in [0, 0.1) is 0 Å². The standard InChI is InChI=1S/C18H17NO2/c1-2-17-16(13-20-15-11-7-4-8-12-15)19-18(21-17)14-9-5-3-6-10-14/h3-12H,2,13H2,1H3. The van der Waals surface area contributed by atoms with Crippen LogP contribution in [-0.2, 0) is 13.0 Å². The Morgan fingerprint density at radius 3 is 2.29 bits per heavy atom. The Hall–Kier alpha value is -2.55. The highest BCUT2D eigenvalue weighted by molar-refractivity contribution is 5.53. The maximum atomic E-state index is 5.85. The molecule has 0 N–H and O–H groups in total. The molecule has 3 rings (SSSR count). The Morgan fingerprint density at radius 1 is 0.952 bits per heavy atom. The second-order valence-electron chi connectivity index (χ2n) is 4.71. The molecule has 3 aromatic rings. The summed E-state index contributed by atoms with van der Waals surface area (Å²) in [5.74, 6) is 2.37. The van der Waals surface area contributed by atoms with E-state index < -0.39 is 0 Å². The Bertz CT molecular complexity index is 690. The van der Waals surface area contributed by atoms with Crippen LogP contribution in [0.5, 0.6) is 5.75 Å². The number of aryl methyl sites for hydroxylation is 1. The topological polar surface area (TPSA) is 35.3 Å². The average Bonchev–Trinajstić information content (AvgIpc) is 2.98. The molecule has 0 unspecified atom stereocenters. The van der Waals surface area contributed by atoms with Gasteiger partial charge in [-0.2, -0.15) is 0 Å². The molecule has 106 valence electrons. The van der Waals surface area contributed by atoms with Crippen molar-refractivity contribution in [3.63, 3.8) is 0 Å². The van der Waals surface area contributed by atoms with Crippen LogP contribution in [0.25, 0.3) is 11.5 Å². The zero-order valence-electron chi connectivity index (χ0n) is 12.0. The van der Waals surface area contributed by atoms with Gasteiger partial charge in [0.1, 0.15) is 23.8 Å². The minimum atomic E-state index is 0.420. The molecule has 3 heteroatoms. The fourth-order valence-corrected chi connectivity index (χ4v) is 2.14. The van der Waals surface area contributed by atoms with Crippen LogP contribution in [0.15, 0.2) is 65.1 Å². The summed E-state index contributed by atoms with van der Waals surface area (Å²) >= 11 is 0. The van der Waals surface area contributed by atoms with Crippen molar-refractivity contribution < 1.29 is 9.15 Å². The molecule has 3 nitrogen and oxygen atoms in total. The van der Waals surface area contributed by atoms with E-state index in [2.05, 4.69) is 11.9 Å². The predicted molar refractivity (Wildman–Crippen MR) is 82.1 cm³/mol. The third-order valence-electron chi connectivity index (χ3n) is 3.24. The van der Waals surface area contributed by atoms with Crippen molar-refractivity contribution in [2.45, 2.75) is 20.0 Å². The summed E-state index contributed by atoms with van der Waals surface area (Å²) in [6, 6.07) is 19.7. The molecule has 0 fully saturated rings. The van der Waals surface area contributed by atoms with Crippen molar-refractivity contribution in [2.75, 3.05) is 0 Å². The van der Waals surface area contributed by atoms with Crippen molar-refractivity contribution >= 4 is 0 Å². The van der Waals surface area contributed by atoms with E-state index in [1.54, 1.807) is 0 Å². The van der Waals surface area contributed by atoms with Crippen LogP contribution >= 0.6 is 0 Å². The van der Waals surface area contributed by atoms with Crippen LogP contribution in [0.3, 0.4) is 0 Å². The van der Waals surface area contributed by atoms with Gasteiger partial charge in [0.05, 0.1) is 0 Å². The van der Waals surface area contributed by atoms with Gasteiger partial charge in [0.15, 0.2) is 0 Å². The number of nitrogens with zero attached hydrogens (tertiary/aromatic N) is 1. The molecule has 0 atom stereocenters. The molecule has 1 heterocycles. The summed E-state index contributed by atoms with van der Waals surface area (Å²) in [4.78, 5) is 4.57. The highest BCUT2D eigenvalue weighted by Gasteiger charge is 2.13. The number of hydrogen-bond donors (Lipinski definition) is 0. The fourth-order valence-electron chi connectivity index (χ4n) is 2.14. The van der Waals surface area contributed by atoms with Gasteiger partial charge in [-0.3, -0.25) is 0 Å². The molecule has 0 aliphatic heterocycles. The number of para-hydroxylation sites is 1. The van der Waals surface area contributed by atoms with Gasteiger partial charge in [0.2, 0.25) is 5.89 Å². The highest BCUT2D eigenvalue weighted by Crippen LogP contribution is 2.23. The normalized spacial score (nSPS) is 10.5. The third-order valence-corrected chi connectivity index (χ3v) is 3.24. The molecule has 0 spiro atoms. The molecule has 0 aliphatic rings. The van der Waals surface area contributed by atoms with Gasteiger partial charge in [-0.1, -0.05) is 43.3 Å². The summed E-state index contributed by atoms with van der Waals surface area (Å²) < 4.78 is 11.6. The zero-order chi connectivity index (χ0) is 14.5. The Labute approximate surface area is 124 Å². The summed E-state index contributed by atoms with van der Waals surface area (Å²) in [5.41, 5.74) is 1.85. The Kier molecular flexibility index (Phi) is 4.01. The van der Waals surface area contributed by atoms with E-state index >= 15 is 0 Å². The molecular formula is C18H17NO2. The van der Waals surface area contributed by atoms with Gasteiger partial charge in [0, 0.05) is 12.0 Å². The molecular weight excluding hydrogens is 262 g/mol. The third kappa shape index (κ3) is 3.14. The lowest BCUT2D eigenvalue weighted by atomic mass is 10.2. The van der Waals surface area contributed by atoms with Gasteiger partial charge < -0.3 is 9.15 Å². The molecule has 2 aromatic carbocycles. The second-order valence-corrected chi connectivity index (χ2v) is 4.71. The molecule has 21 heavy (non-hydrogen) atoms. The van der Waals surface area contributed by atoms with Crippen LogP contribution in [0.1, 0.15) is 18.4 Å². The number of aromatic nitrogens is 1. The van der Waals surface area contributed by atoms with E-state index in [9.17, 15) is 0 Å². The van der Waals surface area contributed by atoms with Crippen molar-refractivity contribution in [1.82, 2.24) is 4.98 Å². The number of hydrogen-bond acceptors (Lipinski definition) is 3. The van der Waals surface area contributed by atoms with Crippen LogP contribution in [0.2, 0.25) is 0 Å². The number of benzene rings is 2. The first kappa shape index (κ1) is 13.4. The first-order chi connectivity index (χ1) is 10.4. The summed E-state index contributed by atoms with van der Waals surface area (Å²) in [5, 5.41) is 0. The largest absolute Gasteiger partial charge is 0.487 e. The lowest BCUT2D eigenvalue weighted by Crippen LogP contribution is -1.98. The Balaban J connectivity index is 1.80. The van der Waals surface area contributed by atoms with Crippen molar-refractivity contribution in [1.29, 1.82) is 0 Å². The lowest BCUT2D eigenvalue weighted by Gasteiger charge is -2.03. The summed E-state index contributed by atoms with van der Waals surface area (Å²) in [6.07, 6.45) is 0.799. The van der Waals surface area contributed by atoms with Crippen molar-refractivity contribution in [3.8, 4) is 17.2 Å². The molecule has 0 saturated carbocycles. The first-order valence-electron chi connectivity index (χ1n) is 7.08. The molecule has 0 bridgehead atoms.